The molecule has 16 heavy (non-hydrogen) atoms. The van der Waals surface area contributed by atoms with Crippen molar-refractivity contribution in [2.45, 2.75) is 6.61 Å². The molecule has 0 aliphatic rings. The van der Waals surface area contributed by atoms with Crippen molar-refractivity contribution in [2.75, 3.05) is 0 Å². The minimum atomic E-state index is -3.26. The molecule has 1 aromatic carbocycles. The summed E-state index contributed by atoms with van der Waals surface area (Å²) in [7, 11) is 0. The first kappa shape index (κ1) is 12.0. The summed E-state index contributed by atoms with van der Waals surface area (Å²) in [5.74, 6) is -3.60. The van der Waals surface area contributed by atoms with Gasteiger partial charge in [0, 0.05) is 0 Å². The zero-order chi connectivity index (χ0) is 12.3. The normalized spacial score (nSPS) is 10.2. The van der Waals surface area contributed by atoms with Crippen LogP contribution in [-0.4, -0.2) is 24.0 Å². The molecule has 0 saturated heterocycles. The molecule has 0 aromatic heterocycles. The summed E-state index contributed by atoms with van der Waals surface area (Å²) in [5.41, 5.74) is -1.75. The molecule has 0 fully saturated rings. The Bertz CT molecular complexity index is 431. The van der Waals surface area contributed by atoms with Crippen molar-refractivity contribution in [3.63, 3.8) is 0 Å². The van der Waals surface area contributed by atoms with E-state index in [1.165, 1.54) is 0 Å². The van der Waals surface area contributed by atoms with Crippen LogP contribution in [0.5, 0.6) is 5.75 Å². The summed E-state index contributed by atoms with van der Waals surface area (Å²) >= 11 is 0. The summed E-state index contributed by atoms with van der Waals surface area (Å²) in [6, 6.07) is 1.39. The van der Waals surface area contributed by atoms with E-state index in [2.05, 4.69) is 4.74 Å². The van der Waals surface area contributed by atoms with E-state index in [0.29, 0.717) is 6.07 Å². The lowest BCUT2D eigenvalue weighted by atomic mass is 10.1. The maximum atomic E-state index is 13.0. The Morgan fingerprint density at radius 1 is 1.44 bits per heavy atom. The van der Waals surface area contributed by atoms with Gasteiger partial charge in [0.05, 0.1) is 5.56 Å². The van der Waals surface area contributed by atoms with Crippen molar-refractivity contribution in [2.24, 2.45) is 0 Å². The first-order chi connectivity index (χ1) is 7.47. The van der Waals surface area contributed by atoms with E-state index >= 15 is 0 Å². The van der Waals surface area contributed by atoms with Crippen LogP contribution in [0, 0.1) is 5.82 Å². The average molecular weight is 234 g/mol. The van der Waals surface area contributed by atoms with E-state index in [1.54, 1.807) is 0 Å². The highest BCUT2D eigenvalue weighted by Crippen LogP contribution is 2.25. The maximum absolute atomic E-state index is 13.0. The molecule has 0 saturated carbocycles. The number of hydrogen-bond donors (Lipinski definition) is 1. The second-order valence-electron chi connectivity index (χ2n) is 2.64. The lowest BCUT2D eigenvalue weighted by Crippen LogP contribution is -2.11. The third kappa shape index (κ3) is 2.30. The van der Waals surface area contributed by atoms with Gasteiger partial charge in [-0.1, -0.05) is 0 Å². The molecule has 0 amide bonds. The lowest BCUT2D eigenvalue weighted by molar-refractivity contribution is -0.0504. The van der Waals surface area contributed by atoms with Gasteiger partial charge in [0.15, 0.2) is 6.29 Å². The third-order valence-corrected chi connectivity index (χ3v) is 1.70. The predicted molar refractivity (Wildman–Crippen MR) is 45.4 cm³/mol. The number of carboxylic acids is 1. The Labute approximate surface area is 87.3 Å². The van der Waals surface area contributed by atoms with E-state index < -0.39 is 35.3 Å². The molecule has 1 aromatic rings. The molecule has 1 rings (SSSR count). The Morgan fingerprint density at radius 2 is 2.06 bits per heavy atom. The molecule has 0 unspecified atom stereocenters. The monoisotopic (exact) mass is 234 g/mol. The maximum Gasteiger partial charge on any atom is 0.387 e. The molecule has 7 heteroatoms. The quantitative estimate of drug-likeness (QED) is 0.808. The molecular formula is C9H5F3O4. The number of rotatable bonds is 4. The van der Waals surface area contributed by atoms with E-state index in [-0.39, 0.29) is 6.29 Å². The molecule has 0 atom stereocenters. The van der Waals surface area contributed by atoms with E-state index in [9.17, 15) is 22.8 Å². The minimum Gasteiger partial charge on any atom is -0.478 e. The van der Waals surface area contributed by atoms with Crippen LogP contribution < -0.4 is 4.74 Å². The number of halogens is 3. The Balaban J connectivity index is 3.38. The number of hydrogen-bond acceptors (Lipinski definition) is 3. The topological polar surface area (TPSA) is 63.6 Å². The summed E-state index contributed by atoms with van der Waals surface area (Å²) in [6.07, 6.45) is -0.0723. The molecule has 86 valence electrons. The van der Waals surface area contributed by atoms with Crippen LogP contribution in [-0.2, 0) is 0 Å². The number of ether oxygens (including phenoxy) is 1. The summed E-state index contributed by atoms with van der Waals surface area (Å²) < 4.78 is 40.7. The molecule has 0 aliphatic carbocycles. The fourth-order valence-corrected chi connectivity index (χ4v) is 1.10. The molecular weight excluding hydrogens is 229 g/mol. The summed E-state index contributed by atoms with van der Waals surface area (Å²) in [4.78, 5) is 21.1. The fourth-order valence-electron chi connectivity index (χ4n) is 1.10. The van der Waals surface area contributed by atoms with Gasteiger partial charge in [0.1, 0.15) is 17.1 Å². The number of alkyl halides is 2. The van der Waals surface area contributed by atoms with Gasteiger partial charge < -0.3 is 9.84 Å². The van der Waals surface area contributed by atoms with E-state index in [4.69, 9.17) is 5.11 Å². The fraction of sp³-hybridized carbons (Fsp3) is 0.111. The van der Waals surface area contributed by atoms with E-state index in [0.717, 1.165) is 6.07 Å². The molecule has 0 bridgehead atoms. The van der Waals surface area contributed by atoms with Crippen LogP contribution in [0.15, 0.2) is 12.1 Å². The second-order valence-corrected chi connectivity index (χ2v) is 2.64. The Hall–Kier alpha value is -2.05. The van der Waals surface area contributed by atoms with Gasteiger partial charge in [-0.15, -0.1) is 0 Å². The number of aromatic carboxylic acids is 1. The van der Waals surface area contributed by atoms with Gasteiger partial charge in [-0.2, -0.15) is 8.78 Å². The second kappa shape index (κ2) is 4.65. The number of carboxylic acid groups (broad SMARTS) is 1. The van der Waals surface area contributed by atoms with Crippen molar-refractivity contribution < 1.29 is 32.6 Å². The minimum absolute atomic E-state index is 0.0723. The van der Waals surface area contributed by atoms with Crippen LogP contribution in [0.1, 0.15) is 20.7 Å². The van der Waals surface area contributed by atoms with Crippen LogP contribution in [0.25, 0.3) is 0 Å². The summed E-state index contributed by atoms with van der Waals surface area (Å²) in [5, 5.41) is 8.66. The van der Waals surface area contributed by atoms with Gasteiger partial charge >= 0.3 is 12.6 Å². The zero-order valence-corrected chi connectivity index (χ0v) is 7.62. The first-order valence-electron chi connectivity index (χ1n) is 3.93. The Morgan fingerprint density at radius 3 is 2.50 bits per heavy atom. The van der Waals surface area contributed by atoms with Crippen molar-refractivity contribution in [1.82, 2.24) is 0 Å². The first-order valence-corrected chi connectivity index (χ1v) is 3.93. The molecule has 0 radical (unpaired) electrons. The van der Waals surface area contributed by atoms with Crippen LogP contribution in [0.3, 0.4) is 0 Å². The molecule has 0 aliphatic heterocycles. The zero-order valence-electron chi connectivity index (χ0n) is 7.62. The van der Waals surface area contributed by atoms with Gasteiger partial charge in [-0.25, -0.2) is 9.18 Å². The van der Waals surface area contributed by atoms with Gasteiger partial charge in [-0.05, 0) is 12.1 Å². The van der Waals surface area contributed by atoms with Crippen LogP contribution in [0.2, 0.25) is 0 Å². The van der Waals surface area contributed by atoms with Crippen molar-refractivity contribution >= 4 is 12.3 Å². The van der Waals surface area contributed by atoms with Crippen molar-refractivity contribution in [3.8, 4) is 5.75 Å². The molecule has 4 nitrogen and oxygen atoms in total. The number of carbonyl (C=O) groups excluding carboxylic acids is 1. The number of carbonyl (C=O) groups is 2. The van der Waals surface area contributed by atoms with Gasteiger partial charge in [-0.3, -0.25) is 4.79 Å². The lowest BCUT2D eigenvalue weighted by Gasteiger charge is -2.09. The average Bonchev–Trinajstić information content (AvgIpc) is 2.18. The smallest absolute Gasteiger partial charge is 0.387 e. The highest BCUT2D eigenvalue weighted by Gasteiger charge is 2.22. The van der Waals surface area contributed by atoms with Gasteiger partial charge in [0.25, 0.3) is 0 Å². The molecule has 0 heterocycles. The third-order valence-electron chi connectivity index (χ3n) is 1.70. The van der Waals surface area contributed by atoms with Crippen molar-refractivity contribution in [3.05, 3.63) is 29.1 Å². The largest absolute Gasteiger partial charge is 0.478 e. The SMILES string of the molecule is O=Cc1c(F)ccc(OC(F)F)c1C(=O)O. The number of aldehydes is 1. The standard InChI is InChI=1S/C9H5F3O4/c10-5-1-2-6(16-9(11)12)7(8(14)15)4(5)3-13/h1-3,9H,(H,14,15). The molecule has 0 spiro atoms. The van der Waals surface area contributed by atoms with Crippen molar-refractivity contribution in [1.29, 1.82) is 0 Å². The molecule has 1 N–H and O–H groups in total. The van der Waals surface area contributed by atoms with Crippen LogP contribution in [0.4, 0.5) is 13.2 Å². The van der Waals surface area contributed by atoms with Crippen LogP contribution >= 0.6 is 0 Å². The number of benzene rings is 1. The predicted octanol–water partition coefficient (Wildman–Crippen LogP) is 1.94. The van der Waals surface area contributed by atoms with E-state index in [1.807, 2.05) is 0 Å². The summed E-state index contributed by atoms with van der Waals surface area (Å²) in [6.45, 7) is -3.26. The Kier molecular flexibility index (Phi) is 3.49. The highest BCUT2D eigenvalue weighted by molar-refractivity contribution is 5.99. The highest BCUT2D eigenvalue weighted by atomic mass is 19.3. The van der Waals surface area contributed by atoms with Gasteiger partial charge in [0.2, 0.25) is 0 Å².